The largest absolute Gasteiger partial charge is 0.710 e. The molecule has 0 saturated carbocycles. The molecule has 0 radical (unpaired) electrons. The second-order valence-electron chi connectivity index (χ2n) is 7.25. The van der Waals surface area contributed by atoms with Gasteiger partial charge in [-0.15, -0.1) is 0 Å². The van der Waals surface area contributed by atoms with Crippen molar-refractivity contribution in [2.75, 3.05) is 5.75 Å². The molecule has 0 aliphatic rings. The Morgan fingerprint density at radius 2 is 1.81 bits per heavy atom. The smallest absolute Gasteiger partial charge is 0.290 e. The van der Waals surface area contributed by atoms with Crippen LogP contribution in [0.3, 0.4) is 0 Å². The van der Waals surface area contributed by atoms with Gasteiger partial charge in [-0.05, 0) is 55.0 Å². The summed E-state index contributed by atoms with van der Waals surface area (Å²) in [7, 11) is -3.43. The molecule has 2 heterocycles. The molecule has 0 saturated heterocycles. The highest BCUT2D eigenvalue weighted by molar-refractivity contribution is 7.91. The molecule has 0 fully saturated rings. The van der Waals surface area contributed by atoms with E-state index in [1.165, 1.54) is 0 Å². The first-order valence-electron chi connectivity index (χ1n) is 9.88. The van der Waals surface area contributed by atoms with Crippen LogP contribution in [0.4, 0.5) is 0 Å². The van der Waals surface area contributed by atoms with Gasteiger partial charge in [0.05, 0.1) is 22.2 Å². The molecule has 0 bridgehead atoms. The standard InChI is InChI=1S/C23H23N3O4S/c1-3-31(28,29)18-8-9-22(30-17-6-4-16(14-24)5-7-17)21(13-18)20-12-15(2)26(27)23-19(20)10-11-25-23/h4-13,25H,3,14,24H2,1-2H3. The summed E-state index contributed by atoms with van der Waals surface area (Å²) in [5, 5.41) is 13.1. The third kappa shape index (κ3) is 3.87. The van der Waals surface area contributed by atoms with Gasteiger partial charge >= 0.3 is 0 Å². The van der Waals surface area contributed by atoms with E-state index < -0.39 is 9.84 Å². The van der Waals surface area contributed by atoms with Gasteiger partial charge in [0.25, 0.3) is 5.65 Å². The first kappa shape index (κ1) is 20.9. The van der Waals surface area contributed by atoms with Crippen molar-refractivity contribution in [2.45, 2.75) is 25.3 Å². The third-order valence-corrected chi connectivity index (χ3v) is 6.99. The van der Waals surface area contributed by atoms with Crippen LogP contribution in [0.2, 0.25) is 0 Å². The molecule has 0 aliphatic carbocycles. The van der Waals surface area contributed by atoms with E-state index in [1.54, 1.807) is 50.4 Å². The van der Waals surface area contributed by atoms with Crippen LogP contribution in [0.1, 0.15) is 18.2 Å². The van der Waals surface area contributed by atoms with Crippen LogP contribution in [0.15, 0.2) is 65.7 Å². The van der Waals surface area contributed by atoms with Gasteiger partial charge in [-0.25, -0.2) is 18.1 Å². The molecule has 4 rings (SSSR count). The quantitative estimate of drug-likeness (QED) is 0.352. The lowest BCUT2D eigenvalue weighted by atomic mass is 10.0. The fraction of sp³-hybridized carbons (Fsp3) is 0.174. The molecule has 160 valence electrons. The van der Waals surface area contributed by atoms with Gasteiger partial charge in [0.2, 0.25) is 0 Å². The normalized spacial score (nSPS) is 11.7. The molecular formula is C23H23N3O4S. The van der Waals surface area contributed by atoms with Gasteiger partial charge in [0, 0.05) is 17.7 Å². The average molecular weight is 438 g/mol. The Morgan fingerprint density at radius 1 is 1.06 bits per heavy atom. The van der Waals surface area contributed by atoms with E-state index in [9.17, 15) is 13.6 Å². The third-order valence-electron chi connectivity index (χ3n) is 5.26. The van der Waals surface area contributed by atoms with E-state index in [2.05, 4.69) is 4.98 Å². The number of pyridine rings is 1. The number of aromatic amines is 1. The van der Waals surface area contributed by atoms with Gasteiger partial charge < -0.3 is 15.7 Å². The predicted molar refractivity (Wildman–Crippen MR) is 120 cm³/mol. The lowest BCUT2D eigenvalue weighted by Crippen LogP contribution is -2.31. The number of nitrogens with zero attached hydrogens (tertiary/aromatic N) is 1. The van der Waals surface area contributed by atoms with E-state index in [0.29, 0.717) is 45.9 Å². The minimum Gasteiger partial charge on any atom is -0.710 e. The van der Waals surface area contributed by atoms with Crippen LogP contribution in [0.5, 0.6) is 11.5 Å². The molecule has 2 aromatic heterocycles. The lowest BCUT2D eigenvalue weighted by Gasteiger charge is -2.16. The topological polar surface area (TPSA) is 112 Å². The molecule has 4 aromatic rings. The number of sulfone groups is 1. The summed E-state index contributed by atoms with van der Waals surface area (Å²) in [6.07, 6.45) is 1.68. The number of nitrogens with one attached hydrogen (secondary N) is 1. The minimum absolute atomic E-state index is 0.0128. The zero-order valence-electron chi connectivity index (χ0n) is 17.3. The first-order chi connectivity index (χ1) is 14.8. The monoisotopic (exact) mass is 437 g/mol. The molecule has 0 unspecified atom stereocenters. The Kier molecular flexibility index (Phi) is 5.43. The number of aromatic nitrogens is 2. The molecule has 0 atom stereocenters. The van der Waals surface area contributed by atoms with Crippen molar-refractivity contribution >= 4 is 20.9 Å². The van der Waals surface area contributed by atoms with E-state index in [4.69, 9.17) is 10.5 Å². The lowest BCUT2D eigenvalue weighted by molar-refractivity contribution is -0.586. The van der Waals surface area contributed by atoms with Gasteiger partial charge in [-0.3, -0.25) is 0 Å². The number of benzene rings is 2. The summed E-state index contributed by atoms with van der Waals surface area (Å²) in [5.74, 6) is 1.07. The number of aryl methyl sites for hydroxylation is 1. The predicted octanol–water partition coefficient (Wildman–Crippen LogP) is 3.82. The van der Waals surface area contributed by atoms with Gasteiger partial charge in [0.1, 0.15) is 17.2 Å². The van der Waals surface area contributed by atoms with Crippen LogP contribution in [0.25, 0.3) is 22.2 Å². The summed E-state index contributed by atoms with van der Waals surface area (Å²) in [6, 6.07) is 15.7. The van der Waals surface area contributed by atoms with Crippen molar-refractivity contribution < 1.29 is 17.9 Å². The second-order valence-corrected chi connectivity index (χ2v) is 9.52. The maximum absolute atomic E-state index is 12.5. The van der Waals surface area contributed by atoms with E-state index in [1.807, 2.05) is 24.3 Å². The van der Waals surface area contributed by atoms with Crippen molar-refractivity contribution in [1.82, 2.24) is 4.98 Å². The van der Waals surface area contributed by atoms with Gasteiger partial charge in [-0.1, -0.05) is 19.1 Å². The summed E-state index contributed by atoms with van der Waals surface area (Å²) >= 11 is 0. The minimum atomic E-state index is -3.43. The number of rotatable bonds is 6. The first-order valence-corrected chi connectivity index (χ1v) is 11.5. The fourth-order valence-electron chi connectivity index (χ4n) is 3.48. The molecule has 0 aliphatic heterocycles. The number of hydrogen-bond donors (Lipinski definition) is 2. The van der Waals surface area contributed by atoms with E-state index in [-0.39, 0.29) is 10.6 Å². The van der Waals surface area contributed by atoms with Gasteiger partial charge in [0.15, 0.2) is 9.84 Å². The number of hydrogen-bond acceptors (Lipinski definition) is 5. The number of ether oxygens (including phenoxy) is 1. The number of nitrogens with two attached hydrogens (primary N) is 1. The molecule has 31 heavy (non-hydrogen) atoms. The highest BCUT2D eigenvalue weighted by atomic mass is 32.2. The number of fused-ring (bicyclic) bond motifs is 1. The maximum atomic E-state index is 12.5. The van der Waals surface area contributed by atoms with Crippen molar-refractivity contribution in [2.24, 2.45) is 5.73 Å². The van der Waals surface area contributed by atoms with E-state index >= 15 is 0 Å². The van der Waals surface area contributed by atoms with Gasteiger partial charge in [-0.2, -0.15) is 0 Å². The highest BCUT2D eigenvalue weighted by Gasteiger charge is 2.20. The molecular weight excluding hydrogens is 414 g/mol. The number of H-pyrrole nitrogens is 1. The van der Waals surface area contributed by atoms with Crippen LogP contribution in [0, 0.1) is 12.1 Å². The molecule has 8 heteroatoms. The molecule has 3 N–H and O–H groups in total. The summed E-state index contributed by atoms with van der Waals surface area (Å²) in [6.45, 7) is 3.74. The van der Waals surface area contributed by atoms with Crippen molar-refractivity contribution in [3.63, 3.8) is 0 Å². The highest BCUT2D eigenvalue weighted by Crippen LogP contribution is 2.38. The Morgan fingerprint density at radius 3 is 2.48 bits per heavy atom. The van der Waals surface area contributed by atoms with Crippen molar-refractivity contribution in [1.29, 1.82) is 0 Å². The molecule has 0 amide bonds. The zero-order valence-corrected chi connectivity index (χ0v) is 18.1. The Hall–Kier alpha value is -3.36. The van der Waals surface area contributed by atoms with Crippen molar-refractivity contribution in [3.05, 3.63) is 77.3 Å². The summed E-state index contributed by atoms with van der Waals surface area (Å²) < 4.78 is 32.0. The molecule has 7 nitrogen and oxygen atoms in total. The Labute approximate surface area is 180 Å². The van der Waals surface area contributed by atoms with Crippen LogP contribution < -0.4 is 15.2 Å². The van der Waals surface area contributed by atoms with Crippen LogP contribution >= 0.6 is 0 Å². The summed E-state index contributed by atoms with van der Waals surface area (Å²) in [4.78, 5) is 3.16. The van der Waals surface area contributed by atoms with E-state index in [0.717, 1.165) is 10.3 Å². The fourth-order valence-corrected chi connectivity index (χ4v) is 4.39. The SMILES string of the molecule is CCS(=O)(=O)c1ccc(Oc2ccc(CN)cc2)c(-c2cc(C)[n+]([O-])c3[nH]ccc23)c1. The van der Waals surface area contributed by atoms with Crippen molar-refractivity contribution in [3.8, 4) is 22.6 Å². The van der Waals surface area contributed by atoms with Crippen LogP contribution in [-0.2, 0) is 16.4 Å². The van der Waals surface area contributed by atoms with Crippen LogP contribution in [-0.4, -0.2) is 19.2 Å². The maximum Gasteiger partial charge on any atom is 0.290 e. The average Bonchev–Trinajstić information content (AvgIpc) is 3.27. The Balaban J connectivity index is 1.93. The Bertz CT molecular complexity index is 1360. The second kappa shape index (κ2) is 8.05. The summed E-state index contributed by atoms with van der Waals surface area (Å²) in [5.41, 5.74) is 8.82. The molecule has 0 spiro atoms. The zero-order chi connectivity index (χ0) is 22.2. The molecule has 2 aromatic carbocycles.